The van der Waals surface area contributed by atoms with Gasteiger partial charge < -0.3 is 20.3 Å². The number of amides is 2. The fourth-order valence-corrected chi connectivity index (χ4v) is 3.13. The quantitative estimate of drug-likeness (QED) is 0.789. The molecule has 0 spiro atoms. The third-order valence-electron chi connectivity index (χ3n) is 4.83. The van der Waals surface area contributed by atoms with E-state index < -0.39 is 0 Å². The number of rotatable bonds is 7. The van der Waals surface area contributed by atoms with Crippen LogP contribution in [0.4, 0.5) is 10.6 Å². The van der Waals surface area contributed by atoms with Crippen molar-refractivity contribution in [3.63, 3.8) is 0 Å². The highest BCUT2D eigenvalue weighted by Gasteiger charge is 2.12. The molecule has 2 heterocycles. The molecule has 2 amide bonds. The van der Waals surface area contributed by atoms with Crippen LogP contribution < -0.4 is 15.5 Å². The number of ether oxygens (including phenoxy) is 1. The highest BCUT2D eigenvalue weighted by Crippen LogP contribution is 2.17. The lowest BCUT2D eigenvalue weighted by atomic mass is 9.98. The van der Waals surface area contributed by atoms with Crippen LogP contribution in [0.15, 0.2) is 48.7 Å². The number of hydrogen-bond acceptors (Lipinski definition) is 4. The molecule has 1 aromatic heterocycles. The molecule has 0 unspecified atom stereocenters. The van der Waals surface area contributed by atoms with E-state index >= 15 is 0 Å². The van der Waals surface area contributed by atoms with Crippen molar-refractivity contribution in [1.82, 2.24) is 15.6 Å². The Kier molecular flexibility index (Phi) is 7.04. The van der Waals surface area contributed by atoms with Gasteiger partial charge in [-0.05, 0) is 35.6 Å². The lowest BCUT2D eigenvalue weighted by Crippen LogP contribution is -2.37. The van der Waals surface area contributed by atoms with E-state index in [1.165, 1.54) is 5.56 Å². The van der Waals surface area contributed by atoms with Crippen molar-refractivity contribution in [2.45, 2.75) is 25.8 Å². The summed E-state index contributed by atoms with van der Waals surface area (Å²) >= 11 is 0. The first-order chi connectivity index (χ1) is 13.2. The molecule has 1 aliphatic rings. The Hall–Kier alpha value is -2.60. The number of anilines is 1. The van der Waals surface area contributed by atoms with Gasteiger partial charge >= 0.3 is 6.03 Å². The van der Waals surface area contributed by atoms with E-state index in [1.807, 2.05) is 30.3 Å². The zero-order chi connectivity index (χ0) is 18.9. The Morgan fingerprint density at radius 2 is 1.96 bits per heavy atom. The molecule has 6 nitrogen and oxygen atoms in total. The molecule has 1 fully saturated rings. The van der Waals surface area contributed by atoms with Crippen molar-refractivity contribution in [1.29, 1.82) is 0 Å². The first kappa shape index (κ1) is 19.2. The Bertz CT molecular complexity index is 717. The van der Waals surface area contributed by atoms with Crippen LogP contribution in [0, 0.1) is 0 Å². The van der Waals surface area contributed by atoms with Gasteiger partial charge in [0.1, 0.15) is 5.82 Å². The van der Waals surface area contributed by atoms with Gasteiger partial charge in [0, 0.05) is 32.4 Å². The molecule has 0 aliphatic carbocycles. The van der Waals surface area contributed by atoms with Gasteiger partial charge in [0.15, 0.2) is 0 Å². The van der Waals surface area contributed by atoms with Crippen LogP contribution in [0.25, 0.3) is 0 Å². The third-order valence-corrected chi connectivity index (χ3v) is 4.83. The van der Waals surface area contributed by atoms with Gasteiger partial charge in [-0.25, -0.2) is 9.78 Å². The molecule has 1 atom stereocenters. The summed E-state index contributed by atoms with van der Waals surface area (Å²) in [6, 6.07) is 14.2. The van der Waals surface area contributed by atoms with Crippen LogP contribution in [-0.4, -0.2) is 43.9 Å². The van der Waals surface area contributed by atoms with Gasteiger partial charge in [-0.15, -0.1) is 0 Å². The molecule has 6 heteroatoms. The number of nitrogens with one attached hydrogen (secondary N) is 2. The molecule has 1 aromatic carbocycles. The van der Waals surface area contributed by atoms with E-state index in [9.17, 15) is 4.79 Å². The summed E-state index contributed by atoms with van der Waals surface area (Å²) in [7, 11) is 0. The summed E-state index contributed by atoms with van der Waals surface area (Å²) in [5.41, 5.74) is 2.34. The standard InChI is InChI=1S/C21H28N4O2/c1-17(19-5-3-2-4-6-19)7-9-23-21(26)24-16-18-8-10-22-20(15-18)25-11-13-27-14-12-25/h2-6,8,10,15,17H,7,9,11-14,16H2,1H3,(H2,23,24,26)/t17-/m1/s1. The normalized spacial score (nSPS) is 15.2. The van der Waals surface area contributed by atoms with Gasteiger partial charge in [-0.2, -0.15) is 0 Å². The number of nitrogens with zero attached hydrogens (tertiary/aromatic N) is 2. The average molecular weight is 368 g/mol. The predicted octanol–water partition coefficient (Wildman–Crippen LogP) is 2.91. The SMILES string of the molecule is C[C@H](CCNC(=O)NCc1ccnc(N2CCOCC2)c1)c1ccccc1. The van der Waals surface area contributed by atoms with Crippen LogP contribution in [0.1, 0.15) is 30.4 Å². The first-order valence-corrected chi connectivity index (χ1v) is 9.56. The topological polar surface area (TPSA) is 66.5 Å². The molecule has 0 bridgehead atoms. The smallest absolute Gasteiger partial charge is 0.315 e. The van der Waals surface area contributed by atoms with Gasteiger partial charge in [0.25, 0.3) is 0 Å². The van der Waals surface area contributed by atoms with Crippen molar-refractivity contribution >= 4 is 11.8 Å². The second-order valence-electron chi connectivity index (χ2n) is 6.83. The van der Waals surface area contributed by atoms with Gasteiger partial charge in [-0.1, -0.05) is 37.3 Å². The van der Waals surface area contributed by atoms with Crippen LogP contribution in [0.3, 0.4) is 0 Å². The molecular formula is C21H28N4O2. The maximum atomic E-state index is 12.1. The number of carbonyl (C=O) groups excluding carboxylic acids is 1. The summed E-state index contributed by atoms with van der Waals surface area (Å²) in [6.07, 6.45) is 2.70. The number of aromatic nitrogens is 1. The summed E-state index contributed by atoms with van der Waals surface area (Å²) in [5, 5.41) is 5.86. The van der Waals surface area contributed by atoms with Crippen molar-refractivity contribution < 1.29 is 9.53 Å². The molecule has 0 saturated carbocycles. The van der Waals surface area contributed by atoms with Gasteiger partial charge in [0.05, 0.1) is 13.2 Å². The molecule has 0 radical (unpaired) electrons. The summed E-state index contributed by atoms with van der Waals surface area (Å²) < 4.78 is 5.38. The number of pyridine rings is 1. The minimum absolute atomic E-state index is 0.139. The maximum absolute atomic E-state index is 12.1. The second kappa shape index (κ2) is 9.92. The fraction of sp³-hybridized carbons (Fsp3) is 0.429. The minimum atomic E-state index is -0.139. The van der Waals surface area contributed by atoms with E-state index in [4.69, 9.17) is 4.74 Å². The zero-order valence-corrected chi connectivity index (χ0v) is 15.9. The number of carbonyl (C=O) groups is 1. The lowest BCUT2D eigenvalue weighted by Gasteiger charge is -2.28. The fourth-order valence-electron chi connectivity index (χ4n) is 3.13. The predicted molar refractivity (Wildman–Crippen MR) is 107 cm³/mol. The molecular weight excluding hydrogens is 340 g/mol. The Morgan fingerprint density at radius 1 is 1.19 bits per heavy atom. The van der Waals surface area contributed by atoms with Crippen molar-refractivity contribution in [3.05, 3.63) is 59.8 Å². The molecule has 2 aromatic rings. The summed E-state index contributed by atoms with van der Waals surface area (Å²) in [4.78, 5) is 18.7. The summed E-state index contributed by atoms with van der Waals surface area (Å²) in [6.45, 7) is 6.48. The van der Waals surface area contributed by atoms with Crippen LogP contribution >= 0.6 is 0 Å². The highest BCUT2D eigenvalue weighted by molar-refractivity contribution is 5.73. The second-order valence-corrected chi connectivity index (χ2v) is 6.83. The summed E-state index contributed by atoms with van der Waals surface area (Å²) in [5.74, 6) is 1.36. The molecule has 27 heavy (non-hydrogen) atoms. The number of hydrogen-bond donors (Lipinski definition) is 2. The van der Waals surface area contributed by atoms with E-state index in [-0.39, 0.29) is 6.03 Å². The lowest BCUT2D eigenvalue weighted by molar-refractivity contribution is 0.122. The van der Waals surface area contributed by atoms with Crippen molar-refractivity contribution in [3.8, 4) is 0 Å². The Morgan fingerprint density at radius 3 is 2.74 bits per heavy atom. The van der Waals surface area contributed by atoms with E-state index in [0.717, 1.165) is 44.1 Å². The van der Waals surface area contributed by atoms with Crippen molar-refractivity contribution in [2.24, 2.45) is 0 Å². The average Bonchev–Trinajstić information content (AvgIpc) is 2.73. The monoisotopic (exact) mass is 368 g/mol. The van der Waals surface area contributed by atoms with E-state index in [0.29, 0.717) is 19.0 Å². The van der Waals surface area contributed by atoms with Crippen LogP contribution in [0.5, 0.6) is 0 Å². The number of urea groups is 1. The maximum Gasteiger partial charge on any atom is 0.315 e. The largest absolute Gasteiger partial charge is 0.378 e. The van der Waals surface area contributed by atoms with Crippen LogP contribution in [0.2, 0.25) is 0 Å². The van der Waals surface area contributed by atoms with Crippen LogP contribution in [-0.2, 0) is 11.3 Å². The van der Waals surface area contributed by atoms with Gasteiger partial charge in [0.2, 0.25) is 0 Å². The zero-order valence-electron chi connectivity index (χ0n) is 15.9. The van der Waals surface area contributed by atoms with E-state index in [2.05, 4.69) is 39.6 Å². The molecule has 2 N–H and O–H groups in total. The molecule has 1 aliphatic heterocycles. The first-order valence-electron chi connectivity index (χ1n) is 9.56. The Balaban J connectivity index is 1.40. The Labute approximate surface area is 160 Å². The van der Waals surface area contributed by atoms with Crippen molar-refractivity contribution in [2.75, 3.05) is 37.7 Å². The number of benzene rings is 1. The van der Waals surface area contributed by atoms with Gasteiger partial charge in [-0.3, -0.25) is 0 Å². The number of morpholine rings is 1. The molecule has 3 rings (SSSR count). The third kappa shape index (κ3) is 5.96. The molecule has 1 saturated heterocycles. The minimum Gasteiger partial charge on any atom is -0.378 e. The van der Waals surface area contributed by atoms with E-state index in [1.54, 1.807) is 6.20 Å². The highest BCUT2D eigenvalue weighted by atomic mass is 16.5. The molecule has 144 valence electrons.